The zero-order chi connectivity index (χ0) is 23.2. The molecule has 0 radical (unpaired) electrons. The van der Waals surface area contributed by atoms with E-state index in [4.69, 9.17) is 0 Å². The van der Waals surface area contributed by atoms with E-state index in [1.807, 2.05) is 23.1 Å². The van der Waals surface area contributed by atoms with Gasteiger partial charge in [-0.2, -0.15) is 0 Å². The van der Waals surface area contributed by atoms with Crippen LogP contribution in [-0.2, 0) is 11.2 Å². The Bertz CT molecular complexity index is 1110. The van der Waals surface area contributed by atoms with E-state index in [1.54, 1.807) is 17.5 Å². The molecule has 1 N–H and O–H groups in total. The number of nitrogens with zero attached hydrogens (tertiary/aromatic N) is 2. The normalized spacial score (nSPS) is 14.3. The molecule has 33 heavy (non-hydrogen) atoms. The van der Waals surface area contributed by atoms with Crippen LogP contribution in [-0.4, -0.2) is 41.3 Å². The fourth-order valence-corrected chi connectivity index (χ4v) is 5.73. The molecule has 0 spiro atoms. The summed E-state index contributed by atoms with van der Waals surface area (Å²) in [4.78, 5) is 34.6. The molecule has 172 valence electrons. The monoisotopic (exact) mass is 479 g/mol. The van der Waals surface area contributed by atoms with Gasteiger partial charge < -0.3 is 10.2 Å². The molecule has 7 heteroatoms. The van der Waals surface area contributed by atoms with Crippen LogP contribution in [0.1, 0.15) is 39.2 Å². The predicted molar refractivity (Wildman–Crippen MR) is 134 cm³/mol. The molecule has 0 saturated carbocycles. The first-order valence-corrected chi connectivity index (χ1v) is 13.0. The first-order valence-electron chi connectivity index (χ1n) is 11.3. The van der Waals surface area contributed by atoms with Crippen molar-refractivity contribution < 1.29 is 9.59 Å². The van der Waals surface area contributed by atoms with Crippen LogP contribution in [0.5, 0.6) is 0 Å². The Morgan fingerprint density at radius 3 is 2.70 bits per heavy atom. The van der Waals surface area contributed by atoms with Gasteiger partial charge in [0.2, 0.25) is 5.91 Å². The van der Waals surface area contributed by atoms with Crippen LogP contribution in [0.15, 0.2) is 64.0 Å². The van der Waals surface area contributed by atoms with Crippen molar-refractivity contribution in [2.45, 2.75) is 43.0 Å². The molecule has 1 fully saturated rings. The first kappa shape index (κ1) is 23.5. The number of piperidine rings is 1. The van der Waals surface area contributed by atoms with Crippen LogP contribution in [0.3, 0.4) is 0 Å². The van der Waals surface area contributed by atoms with Crippen molar-refractivity contribution in [3.05, 3.63) is 75.6 Å². The molecule has 1 aromatic carbocycles. The van der Waals surface area contributed by atoms with E-state index in [0.29, 0.717) is 38.0 Å². The number of hydrogen-bond donors (Lipinski definition) is 1. The van der Waals surface area contributed by atoms with Crippen molar-refractivity contribution >= 4 is 34.9 Å². The van der Waals surface area contributed by atoms with Crippen LogP contribution in [0.2, 0.25) is 0 Å². The lowest BCUT2D eigenvalue weighted by molar-refractivity contribution is -0.126. The lowest BCUT2D eigenvalue weighted by Crippen LogP contribution is -2.43. The van der Waals surface area contributed by atoms with Crippen LogP contribution >= 0.6 is 23.1 Å². The number of benzene rings is 1. The largest absolute Gasteiger partial charge is 0.355 e. The Morgan fingerprint density at radius 1 is 1.15 bits per heavy atom. The highest BCUT2D eigenvalue weighted by atomic mass is 32.2. The van der Waals surface area contributed by atoms with Crippen molar-refractivity contribution in [2.75, 3.05) is 19.6 Å². The standard InChI is InChI=1S/C26H29N3O2S2/c1-18-7-8-23(19(2)17-18)33-25-22(6-3-12-28-25)26(31)29-14-10-20(11-15-29)24(30)27-13-9-21-5-4-16-32-21/h3-8,12,16-17,20H,9-11,13-15H2,1-2H3,(H,27,30). The number of aryl methyl sites for hydroxylation is 2. The summed E-state index contributed by atoms with van der Waals surface area (Å²) in [6.45, 7) is 5.99. The number of thiophene rings is 1. The molecule has 3 heterocycles. The molecule has 2 amide bonds. The van der Waals surface area contributed by atoms with Crippen molar-refractivity contribution in [2.24, 2.45) is 5.92 Å². The third-order valence-corrected chi connectivity index (χ3v) is 8.08. The van der Waals surface area contributed by atoms with Gasteiger partial charge in [-0.05, 0) is 68.3 Å². The second-order valence-corrected chi connectivity index (χ2v) is 10.5. The zero-order valence-corrected chi connectivity index (χ0v) is 20.7. The molecular weight excluding hydrogens is 450 g/mol. The minimum Gasteiger partial charge on any atom is -0.355 e. The third-order valence-electron chi connectivity index (χ3n) is 5.94. The summed E-state index contributed by atoms with van der Waals surface area (Å²) in [5.74, 6) is 0.0633. The Hall–Kier alpha value is -2.64. The van der Waals surface area contributed by atoms with E-state index in [2.05, 4.69) is 53.8 Å². The van der Waals surface area contributed by atoms with Gasteiger partial charge in [-0.1, -0.05) is 35.5 Å². The molecule has 0 bridgehead atoms. The number of pyridine rings is 1. The Kier molecular flexibility index (Phi) is 7.83. The zero-order valence-electron chi connectivity index (χ0n) is 19.0. The molecule has 2 aromatic heterocycles. The molecule has 1 aliphatic heterocycles. The Balaban J connectivity index is 1.33. The van der Waals surface area contributed by atoms with Crippen molar-refractivity contribution in [1.82, 2.24) is 15.2 Å². The summed E-state index contributed by atoms with van der Waals surface area (Å²) < 4.78 is 0. The molecule has 3 aromatic rings. The topological polar surface area (TPSA) is 62.3 Å². The minimum atomic E-state index is -0.0321. The van der Waals surface area contributed by atoms with Crippen LogP contribution < -0.4 is 5.32 Å². The maximum absolute atomic E-state index is 13.3. The van der Waals surface area contributed by atoms with Gasteiger partial charge in [0.25, 0.3) is 5.91 Å². The van der Waals surface area contributed by atoms with Crippen molar-refractivity contribution in [1.29, 1.82) is 0 Å². The van der Waals surface area contributed by atoms with Gasteiger partial charge in [0.15, 0.2) is 0 Å². The quantitative estimate of drug-likeness (QED) is 0.511. The van der Waals surface area contributed by atoms with E-state index >= 15 is 0 Å². The second-order valence-electron chi connectivity index (χ2n) is 8.41. The van der Waals surface area contributed by atoms with Crippen molar-refractivity contribution in [3.8, 4) is 0 Å². The summed E-state index contributed by atoms with van der Waals surface area (Å²) in [5.41, 5.74) is 3.02. The smallest absolute Gasteiger partial charge is 0.256 e. The summed E-state index contributed by atoms with van der Waals surface area (Å²) in [5, 5.41) is 5.84. The highest BCUT2D eigenvalue weighted by molar-refractivity contribution is 7.99. The average molecular weight is 480 g/mol. The third kappa shape index (κ3) is 6.03. The molecule has 5 nitrogen and oxygen atoms in total. The average Bonchev–Trinajstić information content (AvgIpc) is 3.34. The molecular formula is C26H29N3O2S2. The number of carbonyl (C=O) groups excluding carboxylic acids is 2. The fourth-order valence-electron chi connectivity index (χ4n) is 4.08. The number of carbonyl (C=O) groups is 2. The van der Waals surface area contributed by atoms with Gasteiger partial charge in [-0.25, -0.2) is 4.98 Å². The number of rotatable bonds is 7. The second kappa shape index (κ2) is 11.0. The van der Waals surface area contributed by atoms with Gasteiger partial charge in [-0.15, -0.1) is 11.3 Å². The summed E-state index contributed by atoms with van der Waals surface area (Å²) >= 11 is 3.25. The van der Waals surface area contributed by atoms with Crippen molar-refractivity contribution in [3.63, 3.8) is 0 Å². The predicted octanol–water partition coefficient (Wildman–Crippen LogP) is 5.12. The number of likely N-dealkylation sites (tertiary alicyclic amines) is 1. The van der Waals surface area contributed by atoms with Crippen LogP contribution in [0, 0.1) is 19.8 Å². The Morgan fingerprint density at radius 2 is 1.97 bits per heavy atom. The lowest BCUT2D eigenvalue weighted by atomic mass is 9.95. The fraction of sp³-hybridized carbons (Fsp3) is 0.346. The molecule has 4 rings (SSSR count). The summed E-state index contributed by atoms with van der Waals surface area (Å²) in [6, 6.07) is 14.1. The molecule has 1 aliphatic rings. The SMILES string of the molecule is Cc1ccc(Sc2ncccc2C(=O)N2CCC(C(=O)NCCc3cccs3)CC2)c(C)c1. The van der Waals surface area contributed by atoms with E-state index in [-0.39, 0.29) is 17.7 Å². The van der Waals surface area contributed by atoms with Gasteiger partial charge in [-0.3, -0.25) is 9.59 Å². The maximum Gasteiger partial charge on any atom is 0.256 e. The van der Waals surface area contributed by atoms with E-state index in [0.717, 1.165) is 16.3 Å². The van der Waals surface area contributed by atoms with Crippen LogP contribution in [0.4, 0.5) is 0 Å². The molecule has 1 saturated heterocycles. The molecule has 0 atom stereocenters. The highest BCUT2D eigenvalue weighted by Crippen LogP contribution is 2.32. The molecule has 0 aliphatic carbocycles. The highest BCUT2D eigenvalue weighted by Gasteiger charge is 2.29. The number of aromatic nitrogens is 1. The number of hydrogen-bond acceptors (Lipinski definition) is 5. The lowest BCUT2D eigenvalue weighted by Gasteiger charge is -2.31. The first-order chi connectivity index (χ1) is 16.0. The number of nitrogens with one attached hydrogen (secondary N) is 1. The summed E-state index contributed by atoms with van der Waals surface area (Å²) in [7, 11) is 0. The van der Waals surface area contributed by atoms with E-state index < -0.39 is 0 Å². The molecule has 0 unspecified atom stereocenters. The van der Waals surface area contributed by atoms with Gasteiger partial charge in [0.1, 0.15) is 5.03 Å². The van der Waals surface area contributed by atoms with E-state index in [1.165, 1.54) is 27.8 Å². The minimum absolute atomic E-state index is 0.00748. The van der Waals surface area contributed by atoms with E-state index in [9.17, 15) is 9.59 Å². The maximum atomic E-state index is 13.3. The van der Waals surface area contributed by atoms with Gasteiger partial charge >= 0.3 is 0 Å². The van der Waals surface area contributed by atoms with Gasteiger partial charge in [0, 0.05) is 41.5 Å². The van der Waals surface area contributed by atoms with Gasteiger partial charge in [0.05, 0.1) is 5.56 Å². The Labute approximate surface area is 203 Å². The summed E-state index contributed by atoms with van der Waals surface area (Å²) in [6.07, 6.45) is 3.98. The van der Waals surface area contributed by atoms with Crippen LogP contribution in [0.25, 0.3) is 0 Å². The number of amides is 2.